The molecule has 0 radical (unpaired) electrons. The van der Waals surface area contributed by atoms with Crippen LogP contribution in [0.4, 0.5) is 18.9 Å². The summed E-state index contributed by atoms with van der Waals surface area (Å²) in [6, 6.07) is 16.5. The van der Waals surface area contributed by atoms with Crippen molar-refractivity contribution in [2.75, 3.05) is 37.6 Å². The summed E-state index contributed by atoms with van der Waals surface area (Å²) in [6.07, 6.45) is -0.605. The number of hydrogen-bond acceptors (Lipinski definition) is 4. The van der Waals surface area contributed by atoms with Crippen LogP contribution in [0.3, 0.4) is 0 Å². The Morgan fingerprint density at radius 2 is 1.69 bits per heavy atom. The van der Waals surface area contributed by atoms with Gasteiger partial charge in [-0.15, -0.1) is 13.2 Å². The molecule has 2 aromatic rings. The second kappa shape index (κ2) is 12.0. The van der Waals surface area contributed by atoms with Crippen molar-refractivity contribution < 1.29 is 22.7 Å². The maximum absolute atomic E-state index is 12.9. The van der Waals surface area contributed by atoms with Gasteiger partial charge in [-0.25, -0.2) is 0 Å². The molecule has 4 rings (SSSR count). The third-order valence-electron chi connectivity index (χ3n) is 7.49. The average Bonchev–Trinajstić information content (AvgIpc) is 2.85. The molecule has 0 spiro atoms. The van der Waals surface area contributed by atoms with Crippen LogP contribution in [0.2, 0.25) is 0 Å². The molecule has 2 atom stereocenters. The largest absolute Gasteiger partial charge is 0.573 e. The lowest BCUT2D eigenvalue weighted by Gasteiger charge is -2.37. The predicted octanol–water partition coefficient (Wildman–Crippen LogP) is 5.47. The van der Waals surface area contributed by atoms with Crippen LogP contribution in [-0.4, -0.2) is 49.9 Å². The number of carbonyl (C=O) groups excluding carboxylic acids is 1. The van der Waals surface area contributed by atoms with Crippen LogP contribution in [0.1, 0.15) is 38.2 Å². The highest BCUT2D eigenvalue weighted by molar-refractivity contribution is 5.79. The number of hydrogen-bond donors (Lipinski definition) is 1. The number of ether oxygens (including phenoxy) is 1. The van der Waals surface area contributed by atoms with Gasteiger partial charge in [0.05, 0.1) is 0 Å². The van der Waals surface area contributed by atoms with E-state index in [0.717, 1.165) is 44.7 Å². The molecule has 2 aliphatic rings. The van der Waals surface area contributed by atoms with Crippen molar-refractivity contribution >= 4 is 11.6 Å². The molecule has 2 aromatic carbocycles. The van der Waals surface area contributed by atoms with Crippen molar-refractivity contribution in [3.63, 3.8) is 0 Å². The van der Waals surface area contributed by atoms with E-state index in [0.29, 0.717) is 19.0 Å². The number of benzene rings is 2. The Labute approximate surface area is 211 Å². The normalized spacial score (nSPS) is 21.8. The first-order valence-corrected chi connectivity index (χ1v) is 12.9. The van der Waals surface area contributed by atoms with Crippen LogP contribution in [-0.2, 0) is 11.3 Å². The number of carbonyl (C=O) groups is 1. The smallest absolute Gasteiger partial charge is 0.406 e. The molecular formula is C28H36F3N3O2. The summed E-state index contributed by atoms with van der Waals surface area (Å²) < 4.78 is 41.1. The predicted molar refractivity (Wildman–Crippen MR) is 135 cm³/mol. The highest BCUT2D eigenvalue weighted by atomic mass is 19.4. The van der Waals surface area contributed by atoms with Crippen LogP contribution in [0.25, 0.3) is 0 Å². The van der Waals surface area contributed by atoms with Crippen molar-refractivity contribution in [3.05, 3.63) is 60.2 Å². The highest BCUT2D eigenvalue weighted by Gasteiger charge is 2.33. The first-order valence-electron chi connectivity index (χ1n) is 12.9. The van der Waals surface area contributed by atoms with E-state index in [9.17, 15) is 18.0 Å². The lowest BCUT2D eigenvalue weighted by molar-refractivity contribution is -0.274. The summed E-state index contributed by atoms with van der Waals surface area (Å²) in [4.78, 5) is 17.5. The number of alkyl halides is 3. The minimum Gasteiger partial charge on any atom is -0.406 e. The molecule has 2 unspecified atom stereocenters. The molecule has 0 bridgehead atoms. The zero-order chi connectivity index (χ0) is 25.5. The summed E-state index contributed by atoms with van der Waals surface area (Å²) in [7, 11) is 0. The van der Waals surface area contributed by atoms with Gasteiger partial charge in [-0.3, -0.25) is 9.69 Å². The lowest BCUT2D eigenvalue weighted by atomic mass is 9.85. The maximum atomic E-state index is 12.9. The van der Waals surface area contributed by atoms with Crippen molar-refractivity contribution in [3.8, 4) is 5.75 Å². The molecule has 0 aromatic heterocycles. The number of rotatable bonds is 8. The van der Waals surface area contributed by atoms with E-state index in [-0.39, 0.29) is 23.5 Å². The van der Waals surface area contributed by atoms with Gasteiger partial charge in [-0.05, 0) is 80.4 Å². The average molecular weight is 504 g/mol. The quantitative estimate of drug-likeness (QED) is 0.519. The van der Waals surface area contributed by atoms with Gasteiger partial charge in [0.1, 0.15) is 5.75 Å². The minimum absolute atomic E-state index is 0.0400. The van der Waals surface area contributed by atoms with Crippen LogP contribution < -0.4 is 15.0 Å². The Balaban J connectivity index is 1.15. The van der Waals surface area contributed by atoms with Gasteiger partial charge in [0.25, 0.3) is 0 Å². The first-order chi connectivity index (χ1) is 17.3. The van der Waals surface area contributed by atoms with Crippen molar-refractivity contribution in [2.24, 2.45) is 17.8 Å². The van der Waals surface area contributed by atoms with Crippen LogP contribution in [0.5, 0.6) is 5.75 Å². The maximum Gasteiger partial charge on any atom is 0.573 e. The molecule has 196 valence electrons. The molecule has 8 heteroatoms. The lowest BCUT2D eigenvalue weighted by Crippen LogP contribution is -2.46. The van der Waals surface area contributed by atoms with Crippen molar-refractivity contribution in [2.45, 2.75) is 45.5 Å². The van der Waals surface area contributed by atoms with E-state index < -0.39 is 6.36 Å². The van der Waals surface area contributed by atoms with Crippen LogP contribution >= 0.6 is 0 Å². The Morgan fingerprint density at radius 3 is 2.33 bits per heavy atom. The first kappa shape index (κ1) is 26.3. The zero-order valence-corrected chi connectivity index (χ0v) is 20.8. The van der Waals surface area contributed by atoms with Gasteiger partial charge in [0, 0.05) is 37.8 Å². The third kappa shape index (κ3) is 7.63. The van der Waals surface area contributed by atoms with E-state index in [2.05, 4.69) is 51.0 Å². The molecule has 0 aliphatic carbocycles. The van der Waals surface area contributed by atoms with Gasteiger partial charge in [-0.1, -0.05) is 37.3 Å². The van der Waals surface area contributed by atoms with Gasteiger partial charge in [0.2, 0.25) is 5.91 Å². The summed E-state index contributed by atoms with van der Waals surface area (Å²) in [5.41, 5.74) is 2.20. The van der Waals surface area contributed by atoms with Crippen molar-refractivity contribution in [1.82, 2.24) is 10.2 Å². The fourth-order valence-electron chi connectivity index (χ4n) is 5.43. The van der Waals surface area contributed by atoms with E-state index in [1.165, 1.54) is 30.5 Å². The standard InChI is InChI=1S/C28H36F3N3O2/c1-21-19-34(24-7-9-25(10-8-24)36-28(29,30)31)18-14-26(21)27(35)32-15-11-22-12-16-33(17-13-22)20-23-5-3-2-4-6-23/h2-10,21-22,26H,11-20H2,1H3,(H,32,35). The number of likely N-dealkylation sites (tertiary alicyclic amines) is 1. The number of piperidine rings is 2. The van der Waals surface area contributed by atoms with Gasteiger partial charge in [-0.2, -0.15) is 0 Å². The second-order valence-electron chi connectivity index (χ2n) is 10.1. The Bertz CT molecular complexity index is 960. The fourth-order valence-corrected chi connectivity index (χ4v) is 5.43. The molecular weight excluding hydrogens is 467 g/mol. The van der Waals surface area contributed by atoms with Gasteiger partial charge in [0.15, 0.2) is 0 Å². The Kier molecular flexibility index (Phi) is 8.77. The second-order valence-corrected chi connectivity index (χ2v) is 10.1. The van der Waals surface area contributed by atoms with Crippen LogP contribution in [0.15, 0.2) is 54.6 Å². The minimum atomic E-state index is -4.69. The summed E-state index contributed by atoms with van der Waals surface area (Å²) in [6.45, 7) is 7.39. The topological polar surface area (TPSA) is 44.8 Å². The molecule has 2 aliphatic heterocycles. The molecule has 1 amide bonds. The summed E-state index contributed by atoms with van der Waals surface area (Å²) >= 11 is 0. The van der Waals surface area contributed by atoms with Crippen LogP contribution in [0, 0.1) is 17.8 Å². The Morgan fingerprint density at radius 1 is 1.00 bits per heavy atom. The fraction of sp³-hybridized carbons (Fsp3) is 0.536. The Hall–Kier alpha value is -2.74. The summed E-state index contributed by atoms with van der Waals surface area (Å²) in [5, 5.41) is 3.17. The van der Waals surface area contributed by atoms with Gasteiger partial charge < -0.3 is 15.0 Å². The highest BCUT2D eigenvalue weighted by Crippen LogP contribution is 2.30. The zero-order valence-electron chi connectivity index (χ0n) is 20.8. The number of nitrogens with zero attached hydrogens (tertiary/aromatic N) is 2. The number of anilines is 1. The molecule has 36 heavy (non-hydrogen) atoms. The molecule has 5 nitrogen and oxygen atoms in total. The molecule has 2 heterocycles. The number of nitrogens with one attached hydrogen (secondary N) is 1. The van der Waals surface area contributed by atoms with Crippen molar-refractivity contribution in [1.29, 1.82) is 0 Å². The molecule has 2 saturated heterocycles. The molecule has 2 fully saturated rings. The van der Waals surface area contributed by atoms with E-state index in [1.807, 2.05) is 6.07 Å². The molecule has 1 N–H and O–H groups in total. The number of amides is 1. The SMILES string of the molecule is CC1CN(c2ccc(OC(F)(F)F)cc2)CCC1C(=O)NCCC1CCN(Cc2ccccc2)CC1. The molecule has 0 saturated carbocycles. The summed E-state index contributed by atoms with van der Waals surface area (Å²) in [5.74, 6) is 0.668. The van der Waals surface area contributed by atoms with E-state index in [4.69, 9.17) is 0 Å². The van der Waals surface area contributed by atoms with Gasteiger partial charge >= 0.3 is 6.36 Å². The third-order valence-corrected chi connectivity index (χ3v) is 7.49. The monoisotopic (exact) mass is 503 g/mol. The number of halogens is 3. The van der Waals surface area contributed by atoms with E-state index in [1.54, 1.807) is 12.1 Å². The van der Waals surface area contributed by atoms with E-state index >= 15 is 0 Å².